The third kappa shape index (κ3) is 3.59. The Hall–Kier alpha value is -5.50. The van der Waals surface area contributed by atoms with Crippen LogP contribution in [-0.4, -0.2) is 0 Å². The Bertz CT molecular complexity index is 2730. The quantitative estimate of drug-likeness (QED) is 0.181. The second-order valence-electron chi connectivity index (χ2n) is 12.0. The minimum absolute atomic E-state index is 1.24. The predicted molar refractivity (Wildman–Crippen MR) is 197 cm³/mol. The number of hydrogen-bond acceptors (Lipinski definition) is 1. The summed E-state index contributed by atoms with van der Waals surface area (Å²) in [4.78, 5) is 0. The molecule has 0 radical (unpaired) electrons. The van der Waals surface area contributed by atoms with Crippen LogP contribution in [0.15, 0.2) is 158 Å². The highest BCUT2D eigenvalue weighted by Crippen LogP contribution is 2.50. The predicted octanol–water partition coefficient (Wildman–Crippen LogP) is 13.1. The number of hydrogen-bond donors (Lipinski definition) is 0. The zero-order valence-corrected chi connectivity index (χ0v) is 25.2. The van der Waals surface area contributed by atoms with Gasteiger partial charge in [-0.2, -0.15) is 0 Å². The fourth-order valence-electron chi connectivity index (χ4n) is 7.67. The molecule has 0 spiro atoms. The van der Waals surface area contributed by atoms with Crippen LogP contribution in [0, 0.1) is 0 Å². The van der Waals surface area contributed by atoms with Gasteiger partial charge in [-0.15, -0.1) is 11.3 Å². The van der Waals surface area contributed by atoms with E-state index in [-0.39, 0.29) is 0 Å². The Morgan fingerprint density at radius 1 is 0.333 bits per heavy atom. The normalized spacial score (nSPS) is 12.0. The first kappa shape index (κ1) is 24.9. The molecule has 0 aliphatic rings. The molecular formula is C44H26S. The van der Waals surface area contributed by atoms with E-state index in [9.17, 15) is 0 Å². The molecule has 0 bridgehead atoms. The van der Waals surface area contributed by atoms with Crippen LogP contribution >= 0.6 is 11.3 Å². The van der Waals surface area contributed by atoms with Crippen molar-refractivity contribution in [3.8, 4) is 33.4 Å². The second-order valence-corrected chi connectivity index (χ2v) is 13.1. The summed E-state index contributed by atoms with van der Waals surface area (Å²) < 4.78 is 2.68. The zero-order chi connectivity index (χ0) is 29.5. The summed E-state index contributed by atoms with van der Waals surface area (Å²) in [5.74, 6) is 0. The highest BCUT2D eigenvalue weighted by molar-refractivity contribution is 7.26. The largest absolute Gasteiger partial charge is 0.134 e. The average molecular weight is 587 g/mol. The highest BCUT2D eigenvalue weighted by atomic mass is 32.1. The standard InChI is InChI=1S/C44H26S/c1-2-10-27(11-3-1)42-41(34-16-4-5-17-35(34)43-37-18-6-7-19-38(37)45-44(42)43)32-15-9-14-31(26-32)33-24-22-30-21-20-28-12-8-13-29-23-25-36(33)40(30)39(28)29/h1-26H. The van der Waals surface area contributed by atoms with Crippen LogP contribution in [0.3, 0.4) is 0 Å². The number of fused-ring (bicyclic) bond motifs is 5. The van der Waals surface area contributed by atoms with E-state index in [1.807, 2.05) is 11.3 Å². The van der Waals surface area contributed by atoms with E-state index >= 15 is 0 Å². The lowest BCUT2D eigenvalue weighted by molar-refractivity contribution is 1.62. The van der Waals surface area contributed by atoms with Gasteiger partial charge in [-0.25, -0.2) is 0 Å². The zero-order valence-electron chi connectivity index (χ0n) is 24.4. The van der Waals surface area contributed by atoms with Gasteiger partial charge >= 0.3 is 0 Å². The monoisotopic (exact) mass is 586 g/mol. The Morgan fingerprint density at radius 2 is 0.956 bits per heavy atom. The fourth-order valence-corrected chi connectivity index (χ4v) is 8.96. The van der Waals surface area contributed by atoms with Crippen LogP contribution in [-0.2, 0) is 0 Å². The lowest BCUT2D eigenvalue weighted by Gasteiger charge is -2.18. The van der Waals surface area contributed by atoms with E-state index in [1.165, 1.54) is 96.6 Å². The molecular weight excluding hydrogens is 561 g/mol. The Balaban J connectivity index is 1.30. The third-order valence-corrected chi connectivity index (χ3v) is 10.8. The lowest BCUT2D eigenvalue weighted by Crippen LogP contribution is -1.91. The average Bonchev–Trinajstić information content (AvgIpc) is 3.50. The summed E-state index contributed by atoms with van der Waals surface area (Å²) in [6, 6.07) is 58.4. The van der Waals surface area contributed by atoms with Gasteiger partial charge in [-0.1, -0.05) is 146 Å². The van der Waals surface area contributed by atoms with Crippen molar-refractivity contribution in [2.24, 2.45) is 0 Å². The van der Waals surface area contributed by atoms with Crippen molar-refractivity contribution < 1.29 is 0 Å². The van der Waals surface area contributed by atoms with Crippen LogP contribution in [0.25, 0.3) is 96.6 Å². The molecule has 1 heterocycles. The summed E-state index contributed by atoms with van der Waals surface area (Å²) in [7, 11) is 0. The van der Waals surface area contributed by atoms with Gasteiger partial charge in [0.05, 0.1) is 0 Å². The van der Waals surface area contributed by atoms with Crippen molar-refractivity contribution in [1.29, 1.82) is 0 Å². The van der Waals surface area contributed by atoms with Crippen molar-refractivity contribution in [2.45, 2.75) is 0 Å². The molecule has 10 aromatic rings. The highest BCUT2D eigenvalue weighted by Gasteiger charge is 2.21. The maximum Gasteiger partial charge on any atom is 0.0446 e. The SMILES string of the molecule is c1ccc(-c2c(-c3cccc(-c4ccc5ccc6cccc7ccc4c5c67)c3)c3ccccc3c3c2sc2ccccc23)cc1. The Labute approximate surface area is 264 Å². The topological polar surface area (TPSA) is 0 Å². The Morgan fingerprint density at radius 3 is 1.80 bits per heavy atom. The molecule has 0 saturated carbocycles. The summed E-state index contributed by atoms with van der Waals surface area (Å²) in [6.45, 7) is 0. The van der Waals surface area contributed by atoms with Crippen molar-refractivity contribution in [1.82, 2.24) is 0 Å². The number of thiophene rings is 1. The molecule has 1 heteroatoms. The van der Waals surface area contributed by atoms with Gasteiger partial charge < -0.3 is 0 Å². The number of benzene rings is 9. The first-order chi connectivity index (χ1) is 22.3. The summed E-state index contributed by atoms with van der Waals surface area (Å²) in [5.41, 5.74) is 7.63. The molecule has 0 nitrogen and oxygen atoms in total. The molecule has 0 aliphatic carbocycles. The van der Waals surface area contributed by atoms with Gasteiger partial charge in [0.1, 0.15) is 0 Å². The first-order valence-corrected chi connectivity index (χ1v) is 16.3. The molecule has 0 amide bonds. The van der Waals surface area contributed by atoms with Crippen molar-refractivity contribution >= 4 is 74.6 Å². The molecule has 0 aliphatic heterocycles. The molecule has 208 valence electrons. The number of rotatable bonds is 3. The fraction of sp³-hybridized carbons (Fsp3) is 0. The lowest BCUT2D eigenvalue weighted by atomic mass is 9.85. The summed E-state index contributed by atoms with van der Waals surface area (Å²) in [6.07, 6.45) is 0. The van der Waals surface area contributed by atoms with Gasteiger partial charge in [0.2, 0.25) is 0 Å². The molecule has 0 N–H and O–H groups in total. The van der Waals surface area contributed by atoms with Gasteiger partial charge in [-0.05, 0) is 83.0 Å². The third-order valence-electron chi connectivity index (χ3n) is 9.59. The molecule has 1 aromatic heterocycles. The van der Waals surface area contributed by atoms with Gasteiger partial charge in [-0.3, -0.25) is 0 Å². The molecule has 0 saturated heterocycles. The smallest absolute Gasteiger partial charge is 0.0446 e. The van der Waals surface area contributed by atoms with E-state index in [1.54, 1.807) is 0 Å². The van der Waals surface area contributed by atoms with Crippen molar-refractivity contribution in [3.05, 3.63) is 158 Å². The summed E-state index contributed by atoms with van der Waals surface area (Å²) >= 11 is 1.91. The van der Waals surface area contributed by atoms with Crippen LogP contribution in [0.5, 0.6) is 0 Å². The molecule has 0 unspecified atom stereocenters. The molecule has 0 fully saturated rings. The van der Waals surface area contributed by atoms with E-state index in [0.717, 1.165) is 0 Å². The molecule has 9 aromatic carbocycles. The summed E-state index contributed by atoms with van der Waals surface area (Å²) in [5, 5.41) is 13.2. The molecule has 10 rings (SSSR count). The van der Waals surface area contributed by atoms with Crippen LogP contribution in [0.1, 0.15) is 0 Å². The maximum absolute atomic E-state index is 2.42. The van der Waals surface area contributed by atoms with E-state index in [0.29, 0.717) is 0 Å². The maximum atomic E-state index is 2.42. The van der Waals surface area contributed by atoms with E-state index < -0.39 is 0 Å². The Kier molecular flexibility index (Phi) is 5.25. The van der Waals surface area contributed by atoms with Crippen molar-refractivity contribution in [2.75, 3.05) is 0 Å². The van der Waals surface area contributed by atoms with Crippen molar-refractivity contribution in [3.63, 3.8) is 0 Å². The van der Waals surface area contributed by atoms with Crippen LogP contribution in [0.4, 0.5) is 0 Å². The minimum Gasteiger partial charge on any atom is -0.134 e. The molecule has 45 heavy (non-hydrogen) atoms. The van der Waals surface area contributed by atoms with E-state index in [2.05, 4.69) is 158 Å². The van der Waals surface area contributed by atoms with Gasteiger partial charge in [0.15, 0.2) is 0 Å². The van der Waals surface area contributed by atoms with Crippen LogP contribution < -0.4 is 0 Å². The van der Waals surface area contributed by atoms with Gasteiger partial charge in [0, 0.05) is 25.7 Å². The van der Waals surface area contributed by atoms with Crippen LogP contribution in [0.2, 0.25) is 0 Å². The second kappa shape index (κ2) is 9.50. The first-order valence-electron chi connectivity index (χ1n) is 15.5. The minimum atomic E-state index is 1.24. The molecule has 0 atom stereocenters. The van der Waals surface area contributed by atoms with Gasteiger partial charge in [0.25, 0.3) is 0 Å². The van der Waals surface area contributed by atoms with E-state index in [4.69, 9.17) is 0 Å².